The van der Waals surface area contributed by atoms with Crippen molar-refractivity contribution in [1.29, 1.82) is 0 Å². The molecule has 1 heterocycles. The van der Waals surface area contributed by atoms with E-state index in [1.54, 1.807) is 11.3 Å². The fraction of sp³-hybridized carbons (Fsp3) is 0.692. The van der Waals surface area contributed by atoms with Gasteiger partial charge in [0.25, 0.3) is 0 Å². The Morgan fingerprint density at radius 1 is 1.53 bits per heavy atom. The van der Waals surface area contributed by atoms with Crippen LogP contribution in [0.5, 0.6) is 0 Å². The average Bonchev–Trinajstić information content (AvgIpc) is 2.84. The molecule has 0 aromatic carbocycles. The summed E-state index contributed by atoms with van der Waals surface area (Å²) in [4.78, 5) is 16.2. The van der Waals surface area contributed by atoms with Gasteiger partial charge in [-0.2, -0.15) is 0 Å². The predicted molar refractivity (Wildman–Crippen MR) is 77.4 cm³/mol. The van der Waals surface area contributed by atoms with Crippen molar-refractivity contribution in [2.45, 2.75) is 39.3 Å². The van der Waals surface area contributed by atoms with Crippen LogP contribution in [0.4, 0.5) is 0 Å². The fourth-order valence-electron chi connectivity index (χ4n) is 1.51. The molecule has 0 radical (unpaired) electrons. The summed E-state index contributed by atoms with van der Waals surface area (Å²) in [6.45, 7) is 7.24. The number of carbonyl (C=O) groups is 1. The van der Waals surface area contributed by atoms with E-state index in [0.29, 0.717) is 19.6 Å². The van der Waals surface area contributed by atoms with Crippen molar-refractivity contribution < 1.29 is 9.53 Å². The molecule has 2 atom stereocenters. The first-order valence-electron chi connectivity index (χ1n) is 6.56. The molecule has 6 heteroatoms. The van der Waals surface area contributed by atoms with Crippen LogP contribution < -0.4 is 10.6 Å². The number of nitrogens with one attached hydrogen (secondary N) is 2. The number of hydrogen-bond donors (Lipinski definition) is 2. The minimum Gasteiger partial charge on any atom is -0.372 e. The highest BCUT2D eigenvalue weighted by molar-refractivity contribution is 7.09. The first kappa shape index (κ1) is 16.1. The number of aromatic nitrogens is 1. The number of amides is 1. The number of thiazole rings is 1. The van der Waals surface area contributed by atoms with Crippen LogP contribution in [0.25, 0.3) is 0 Å². The molecule has 0 saturated carbocycles. The molecule has 0 saturated heterocycles. The predicted octanol–water partition coefficient (Wildman–Crippen LogP) is 1.51. The lowest BCUT2D eigenvalue weighted by Gasteiger charge is -2.10. The lowest BCUT2D eigenvalue weighted by Crippen LogP contribution is -2.37. The van der Waals surface area contributed by atoms with E-state index in [0.717, 1.165) is 10.7 Å². The summed E-state index contributed by atoms with van der Waals surface area (Å²) in [6, 6.07) is 0.271. The second-order valence-electron chi connectivity index (χ2n) is 4.45. The third-order valence-electron chi connectivity index (χ3n) is 2.77. The molecule has 2 unspecified atom stereocenters. The zero-order valence-corrected chi connectivity index (χ0v) is 12.8. The fourth-order valence-corrected chi connectivity index (χ4v) is 2.33. The molecule has 0 aliphatic carbocycles. The maximum Gasteiger partial charge on any atom is 0.226 e. The van der Waals surface area contributed by atoms with Crippen molar-refractivity contribution in [3.63, 3.8) is 0 Å². The van der Waals surface area contributed by atoms with E-state index in [4.69, 9.17) is 4.74 Å². The lowest BCUT2D eigenvalue weighted by atomic mass is 10.3. The van der Waals surface area contributed by atoms with E-state index in [1.807, 2.05) is 33.2 Å². The van der Waals surface area contributed by atoms with E-state index < -0.39 is 0 Å². The largest absolute Gasteiger partial charge is 0.372 e. The van der Waals surface area contributed by atoms with Crippen molar-refractivity contribution in [3.8, 4) is 0 Å². The van der Waals surface area contributed by atoms with E-state index in [1.165, 1.54) is 0 Å². The molecule has 1 rings (SSSR count). The van der Waals surface area contributed by atoms with Crippen LogP contribution in [0.15, 0.2) is 5.38 Å². The van der Waals surface area contributed by atoms with E-state index in [9.17, 15) is 4.79 Å². The quantitative estimate of drug-likeness (QED) is 0.760. The summed E-state index contributed by atoms with van der Waals surface area (Å²) in [5, 5.41) is 8.80. The van der Waals surface area contributed by atoms with Crippen LogP contribution in [-0.4, -0.2) is 37.1 Å². The van der Waals surface area contributed by atoms with Gasteiger partial charge >= 0.3 is 0 Å². The van der Waals surface area contributed by atoms with Crippen LogP contribution in [0.1, 0.15) is 37.6 Å². The van der Waals surface area contributed by atoms with Crippen LogP contribution in [0.3, 0.4) is 0 Å². The summed E-state index contributed by atoms with van der Waals surface area (Å²) < 4.78 is 5.48. The Bertz CT molecular complexity index is 395. The van der Waals surface area contributed by atoms with Crippen LogP contribution in [0, 0.1) is 0 Å². The molecule has 1 amide bonds. The Morgan fingerprint density at radius 2 is 2.26 bits per heavy atom. The van der Waals surface area contributed by atoms with Gasteiger partial charge in [0.15, 0.2) is 0 Å². The standard InChI is InChI=1S/C13H23N3O2S/c1-5-18-10(3)13-16-11(8-19-13)6-12(17)15-7-9(2)14-4/h8-10,14H,5-7H2,1-4H3,(H,15,17). The van der Waals surface area contributed by atoms with Crippen molar-refractivity contribution in [1.82, 2.24) is 15.6 Å². The van der Waals surface area contributed by atoms with Crippen molar-refractivity contribution >= 4 is 17.2 Å². The molecule has 0 aliphatic rings. The molecule has 108 valence electrons. The number of likely N-dealkylation sites (N-methyl/N-ethyl adjacent to an activating group) is 1. The third kappa shape index (κ3) is 5.67. The summed E-state index contributed by atoms with van der Waals surface area (Å²) in [7, 11) is 1.87. The molecular weight excluding hydrogens is 262 g/mol. The van der Waals surface area contributed by atoms with E-state index in [-0.39, 0.29) is 18.1 Å². The first-order valence-corrected chi connectivity index (χ1v) is 7.44. The zero-order valence-electron chi connectivity index (χ0n) is 12.0. The minimum atomic E-state index is -0.00359. The minimum absolute atomic E-state index is 0.00279. The third-order valence-corrected chi connectivity index (χ3v) is 3.83. The topological polar surface area (TPSA) is 63.2 Å². The molecule has 5 nitrogen and oxygen atoms in total. The number of carbonyl (C=O) groups excluding carboxylic acids is 1. The van der Waals surface area contributed by atoms with Gasteiger partial charge in [0, 0.05) is 24.6 Å². The van der Waals surface area contributed by atoms with Gasteiger partial charge in [-0.1, -0.05) is 0 Å². The smallest absolute Gasteiger partial charge is 0.226 e. The second kappa shape index (κ2) is 8.24. The molecule has 0 aliphatic heterocycles. The van der Waals surface area contributed by atoms with Crippen LogP contribution >= 0.6 is 11.3 Å². The number of hydrogen-bond acceptors (Lipinski definition) is 5. The van der Waals surface area contributed by atoms with Gasteiger partial charge in [-0.05, 0) is 27.8 Å². The first-order chi connectivity index (χ1) is 9.06. The van der Waals surface area contributed by atoms with Gasteiger partial charge in [-0.3, -0.25) is 4.79 Å². The Kier molecular flexibility index (Phi) is 6.97. The van der Waals surface area contributed by atoms with Crippen molar-refractivity contribution in [2.75, 3.05) is 20.2 Å². The van der Waals surface area contributed by atoms with E-state index >= 15 is 0 Å². The molecule has 0 fully saturated rings. The SMILES string of the molecule is CCOC(C)c1nc(CC(=O)NCC(C)NC)cs1. The van der Waals surface area contributed by atoms with Gasteiger partial charge < -0.3 is 15.4 Å². The number of ether oxygens (including phenoxy) is 1. The normalized spacial score (nSPS) is 14.1. The van der Waals surface area contributed by atoms with Gasteiger partial charge in [-0.15, -0.1) is 11.3 Å². The second-order valence-corrected chi connectivity index (χ2v) is 5.33. The van der Waals surface area contributed by atoms with Gasteiger partial charge in [0.05, 0.1) is 12.1 Å². The molecule has 0 bridgehead atoms. The molecule has 1 aromatic heterocycles. The summed E-state index contributed by atoms with van der Waals surface area (Å²) in [6.07, 6.45) is 0.322. The zero-order chi connectivity index (χ0) is 14.3. The number of nitrogens with zero attached hydrogens (tertiary/aromatic N) is 1. The van der Waals surface area contributed by atoms with Gasteiger partial charge in [0.2, 0.25) is 5.91 Å². The maximum atomic E-state index is 11.7. The Morgan fingerprint density at radius 3 is 2.89 bits per heavy atom. The van der Waals surface area contributed by atoms with Crippen molar-refractivity contribution in [3.05, 3.63) is 16.1 Å². The maximum absolute atomic E-state index is 11.7. The van der Waals surface area contributed by atoms with Crippen LogP contribution in [0.2, 0.25) is 0 Å². The highest BCUT2D eigenvalue weighted by Crippen LogP contribution is 2.21. The monoisotopic (exact) mass is 285 g/mol. The molecule has 1 aromatic rings. The molecule has 2 N–H and O–H groups in total. The summed E-state index contributed by atoms with van der Waals surface area (Å²) >= 11 is 1.54. The molecule has 0 spiro atoms. The Balaban J connectivity index is 2.42. The highest BCUT2D eigenvalue weighted by atomic mass is 32.1. The summed E-state index contributed by atoms with van der Waals surface area (Å²) in [5.41, 5.74) is 0.807. The molecule has 19 heavy (non-hydrogen) atoms. The van der Waals surface area contributed by atoms with Gasteiger partial charge in [-0.25, -0.2) is 4.98 Å². The Labute approximate surface area is 118 Å². The van der Waals surface area contributed by atoms with E-state index in [2.05, 4.69) is 15.6 Å². The number of rotatable bonds is 8. The van der Waals surface area contributed by atoms with Crippen molar-refractivity contribution in [2.24, 2.45) is 0 Å². The highest BCUT2D eigenvalue weighted by Gasteiger charge is 2.12. The lowest BCUT2D eigenvalue weighted by molar-refractivity contribution is -0.120. The summed E-state index contributed by atoms with van der Waals surface area (Å²) in [5.74, 6) is 0.00279. The van der Waals surface area contributed by atoms with Gasteiger partial charge in [0.1, 0.15) is 11.1 Å². The molecular formula is C13H23N3O2S. The van der Waals surface area contributed by atoms with Crippen LogP contribution in [-0.2, 0) is 16.0 Å². The average molecular weight is 285 g/mol. The Hall–Kier alpha value is -0.980.